The summed E-state index contributed by atoms with van der Waals surface area (Å²) >= 11 is 0. The predicted octanol–water partition coefficient (Wildman–Crippen LogP) is 4.29. The third-order valence-corrected chi connectivity index (χ3v) is 5.35. The summed E-state index contributed by atoms with van der Waals surface area (Å²) < 4.78 is 6.16. The summed E-state index contributed by atoms with van der Waals surface area (Å²) in [6.45, 7) is 4.27. The van der Waals surface area contributed by atoms with Gasteiger partial charge in [-0.3, -0.25) is 0 Å². The van der Waals surface area contributed by atoms with Crippen molar-refractivity contribution in [2.75, 3.05) is 0 Å². The molecule has 1 aromatic carbocycles. The molecule has 3 heteroatoms. The summed E-state index contributed by atoms with van der Waals surface area (Å²) in [7, 11) is 0. The van der Waals surface area contributed by atoms with Gasteiger partial charge in [0.05, 0.1) is 5.60 Å². The van der Waals surface area contributed by atoms with Crippen LogP contribution in [-0.2, 0) is 6.42 Å². The maximum atomic E-state index is 10.8. The summed E-state index contributed by atoms with van der Waals surface area (Å²) in [4.78, 5) is 0. The van der Waals surface area contributed by atoms with Crippen molar-refractivity contribution in [3.8, 4) is 11.5 Å². The topological polar surface area (TPSA) is 49.7 Å². The zero-order chi connectivity index (χ0) is 15.7. The van der Waals surface area contributed by atoms with Gasteiger partial charge in [-0.15, -0.1) is 0 Å². The maximum Gasteiger partial charge on any atom is 0.123 e. The highest BCUT2D eigenvalue weighted by atomic mass is 16.5. The smallest absolute Gasteiger partial charge is 0.123 e. The zero-order valence-corrected chi connectivity index (χ0v) is 13.8. The van der Waals surface area contributed by atoms with E-state index in [0.717, 1.165) is 68.2 Å². The Morgan fingerprint density at radius 3 is 2.82 bits per heavy atom. The zero-order valence-electron chi connectivity index (χ0n) is 13.8. The third-order valence-electron chi connectivity index (χ3n) is 5.35. The van der Waals surface area contributed by atoms with Gasteiger partial charge in [0, 0.05) is 17.9 Å². The van der Waals surface area contributed by atoms with E-state index in [1.165, 1.54) is 0 Å². The lowest BCUT2D eigenvalue weighted by atomic mass is 9.73. The van der Waals surface area contributed by atoms with Gasteiger partial charge in [-0.25, -0.2) is 0 Å². The molecule has 0 radical (unpaired) electrons. The Hall–Kier alpha value is -1.22. The van der Waals surface area contributed by atoms with Crippen LogP contribution in [0.5, 0.6) is 11.5 Å². The Kier molecular flexibility index (Phi) is 4.35. The van der Waals surface area contributed by atoms with Gasteiger partial charge in [-0.1, -0.05) is 33.1 Å². The number of phenols is 1. The summed E-state index contributed by atoms with van der Waals surface area (Å²) in [5.74, 6) is 1.66. The van der Waals surface area contributed by atoms with E-state index in [0.29, 0.717) is 11.7 Å². The number of unbranched alkanes of at least 4 members (excludes halogenated alkanes) is 1. The van der Waals surface area contributed by atoms with Crippen LogP contribution in [0.2, 0.25) is 0 Å². The molecule has 0 saturated heterocycles. The predicted molar refractivity (Wildman–Crippen MR) is 87.6 cm³/mol. The molecule has 3 nitrogen and oxygen atoms in total. The minimum absolute atomic E-state index is 0.0712. The lowest BCUT2D eigenvalue weighted by Gasteiger charge is -2.38. The third kappa shape index (κ3) is 2.83. The summed E-state index contributed by atoms with van der Waals surface area (Å²) in [5, 5.41) is 21.0. The Morgan fingerprint density at radius 2 is 2.09 bits per heavy atom. The van der Waals surface area contributed by atoms with Gasteiger partial charge in [0.2, 0.25) is 0 Å². The summed E-state index contributed by atoms with van der Waals surface area (Å²) in [5.41, 5.74) is 1.55. The first-order chi connectivity index (χ1) is 10.6. The van der Waals surface area contributed by atoms with Crippen molar-refractivity contribution >= 4 is 0 Å². The molecule has 1 heterocycles. The summed E-state index contributed by atoms with van der Waals surface area (Å²) in [6, 6.07) is 3.92. The minimum Gasteiger partial charge on any atom is -0.508 e. The van der Waals surface area contributed by atoms with Crippen molar-refractivity contribution < 1.29 is 14.9 Å². The van der Waals surface area contributed by atoms with E-state index >= 15 is 0 Å². The first kappa shape index (κ1) is 15.7. The molecule has 1 aliphatic heterocycles. The second-order valence-corrected chi connectivity index (χ2v) is 7.10. The molecule has 2 N–H and O–H groups in total. The van der Waals surface area contributed by atoms with Crippen LogP contribution in [0.4, 0.5) is 0 Å². The fourth-order valence-electron chi connectivity index (χ4n) is 4.09. The van der Waals surface area contributed by atoms with E-state index in [9.17, 15) is 10.2 Å². The second kappa shape index (κ2) is 6.11. The first-order valence-electron chi connectivity index (χ1n) is 8.81. The normalized spacial score (nSPS) is 29.8. The van der Waals surface area contributed by atoms with E-state index in [1.54, 1.807) is 0 Å². The van der Waals surface area contributed by atoms with Gasteiger partial charge in [0.15, 0.2) is 0 Å². The van der Waals surface area contributed by atoms with Crippen LogP contribution in [0.15, 0.2) is 12.1 Å². The van der Waals surface area contributed by atoms with Gasteiger partial charge in [-0.05, 0) is 43.4 Å². The van der Waals surface area contributed by atoms with Gasteiger partial charge in [0.25, 0.3) is 0 Å². The first-order valence-corrected chi connectivity index (χ1v) is 8.81. The van der Waals surface area contributed by atoms with Crippen molar-refractivity contribution in [3.63, 3.8) is 0 Å². The molecule has 22 heavy (non-hydrogen) atoms. The van der Waals surface area contributed by atoms with E-state index in [4.69, 9.17) is 4.74 Å². The van der Waals surface area contributed by atoms with Gasteiger partial charge in [-0.2, -0.15) is 0 Å². The van der Waals surface area contributed by atoms with Crippen LogP contribution in [0.3, 0.4) is 0 Å². The molecular weight excluding hydrogens is 276 g/mol. The highest BCUT2D eigenvalue weighted by molar-refractivity contribution is 5.50. The molecule has 0 amide bonds. The highest BCUT2D eigenvalue weighted by Gasteiger charge is 2.45. The fraction of sp³-hybridized carbons (Fsp3) is 0.684. The Bertz CT molecular complexity index is 540. The van der Waals surface area contributed by atoms with Gasteiger partial charge >= 0.3 is 0 Å². The van der Waals surface area contributed by atoms with Crippen molar-refractivity contribution in [2.45, 2.75) is 82.8 Å². The van der Waals surface area contributed by atoms with Crippen LogP contribution >= 0.6 is 0 Å². The van der Waals surface area contributed by atoms with Crippen LogP contribution in [-0.4, -0.2) is 21.9 Å². The van der Waals surface area contributed by atoms with Crippen LogP contribution in [0, 0.1) is 0 Å². The largest absolute Gasteiger partial charge is 0.508 e. The molecule has 1 aromatic rings. The Balaban J connectivity index is 1.78. The molecule has 0 spiro atoms. The average Bonchev–Trinajstić information content (AvgIpc) is 2.82. The molecule has 3 atom stereocenters. The molecule has 0 unspecified atom stereocenters. The summed E-state index contributed by atoms with van der Waals surface area (Å²) in [6.07, 6.45) is 7.53. The Morgan fingerprint density at radius 1 is 1.27 bits per heavy atom. The van der Waals surface area contributed by atoms with Crippen molar-refractivity contribution in [1.29, 1.82) is 0 Å². The van der Waals surface area contributed by atoms with Crippen LogP contribution < -0.4 is 4.74 Å². The van der Waals surface area contributed by atoms with Crippen molar-refractivity contribution in [2.24, 2.45) is 0 Å². The van der Waals surface area contributed by atoms with Crippen LogP contribution in [0.1, 0.15) is 75.8 Å². The lowest BCUT2D eigenvalue weighted by Crippen LogP contribution is -2.41. The van der Waals surface area contributed by atoms with Gasteiger partial charge < -0.3 is 14.9 Å². The van der Waals surface area contributed by atoms with E-state index < -0.39 is 5.60 Å². The van der Waals surface area contributed by atoms with Crippen LogP contribution in [0.25, 0.3) is 0 Å². The van der Waals surface area contributed by atoms with E-state index in [2.05, 4.69) is 13.8 Å². The Labute approximate surface area is 133 Å². The average molecular weight is 304 g/mol. The molecular formula is C19H28O3. The molecule has 1 saturated carbocycles. The fourth-order valence-corrected chi connectivity index (χ4v) is 4.09. The standard InChI is InChI=1S/C19H28O3/c1-3-5-8-19(21)9-7-14-15-11-16(20)13(6-4-2)10-17(15)22-18(14)12-19/h10-11,14,18,20-21H,3-9,12H2,1-2H3/t14-,18+,19+/m1/s1. The minimum atomic E-state index is -0.562. The number of rotatable bonds is 5. The van der Waals surface area contributed by atoms with Crippen molar-refractivity contribution in [1.82, 2.24) is 0 Å². The molecule has 3 rings (SSSR count). The van der Waals surface area contributed by atoms with E-state index in [1.807, 2.05) is 12.1 Å². The number of hydrogen-bond donors (Lipinski definition) is 2. The SMILES string of the molecule is CCCC[C@]1(O)CC[C@@H]2c3cc(O)c(CCC)cc3O[C@H]2C1. The number of aryl methyl sites for hydroxylation is 1. The molecule has 0 bridgehead atoms. The van der Waals surface area contributed by atoms with E-state index in [-0.39, 0.29) is 6.10 Å². The van der Waals surface area contributed by atoms with Crippen molar-refractivity contribution in [3.05, 3.63) is 23.3 Å². The molecule has 0 aromatic heterocycles. The number of hydrogen-bond acceptors (Lipinski definition) is 3. The monoisotopic (exact) mass is 304 g/mol. The molecule has 1 fully saturated rings. The van der Waals surface area contributed by atoms with Gasteiger partial charge in [0.1, 0.15) is 17.6 Å². The maximum absolute atomic E-state index is 10.8. The molecule has 2 aliphatic rings. The molecule has 1 aliphatic carbocycles. The number of benzene rings is 1. The number of fused-ring (bicyclic) bond motifs is 3. The quantitative estimate of drug-likeness (QED) is 0.853. The lowest BCUT2D eigenvalue weighted by molar-refractivity contribution is -0.0451. The number of aliphatic hydroxyl groups is 1. The number of phenolic OH excluding ortho intramolecular Hbond substituents is 1. The number of ether oxygens (including phenoxy) is 1. The highest BCUT2D eigenvalue weighted by Crippen LogP contribution is 2.50. The molecule has 122 valence electrons. The second-order valence-electron chi connectivity index (χ2n) is 7.10. The number of aromatic hydroxyl groups is 1.